The summed E-state index contributed by atoms with van der Waals surface area (Å²) in [5.74, 6) is 0.818. The highest BCUT2D eigenvalue weighted by Gasteiger charge is 2.35. The molecule has 0 radical (unpaired) electrons. The van der Waals surface area contributed by atoms with Crippen LogP contribution in [0.1, 0.15) is 32.3 Å². The maximum absolute atomic E-state index is 12.6. The normalized spacial score (nSPS) is 30.4. The molecular weight excluding hydrogens is 314 g/mol. The third-order valence-corrected chi connectivity index (χ3v) is 5.71. The topological polar surface area (TPSA) is 55.8 Å². The number of likely N-dealkylation sites (tertiary alicyclic amines) is 2. The number of aliphatic hydroxyl groups excluding tert-OH is 1. The largest absolute Gasteiger partial charge is 0.394 e. The molecule has 2 unspecified atom stereocenters. The van der Waals surface area contributed by atoms with Crippen molar-refractivity contribution >= 4 is 6.03 Å². The summed E-state index contributed by atoms with van der Waals surface area (Å²) in [6, 6.07) is 10.7. The Balaban J connectivity index is 1.56. The number of hydrogen-bond acceptors (Lipinski definition) is 3. The molecule has 2 aliphatic heterocycles. The van der Waals surface area contributed by atoms with E-state index in [1.165, 1.54) is 5.56 Å². The molecule has 0 spiro atoms. The van der Waals surface area contributed by atoms with Gasteiger partial charge in [0.1, 0.15) is 0 Å². The lowest BCUT2D eigenvalue weighted by molar-refractivity contribution is 0.0902. The van der Waals surface area contributed by atoms with Crippen LogP contribution in [0.5, 0.6) is 0 Å². The minimum atomic E-state index is -0.0104. The Morgan fingerprint density at radius 2 is 1.88 bits per heavy atom. The van der Waals surface area contributed by atoms with Crippen molar-refractivity contribution in [3.8, 4) is 0 Å². The number of piperidine rings is 1. The van der Waals surface area contributed by atoms with Gasteiger partial charge in [-0.05, 0) is 30.2 Å². The van der Waals surface area contributed by atoms with Gasteiger partial charge >= 0.3 is 6.03 Å². The van der Waals surface area contributed by atoms with Gasteiger partial charge in [0.25, 0.3) is 0 Å². The Morgan fingerprint density at radius 3 is 2.52 bits per heavy atom. The fourth-order valence-electron chi connectivity index (χ4n) is 4.45. The summed E-state index contributed by atoms with van der Waals surface area (Å²) in [6.07, 6.45) is 1.89. The van der Waals surface area contributed by atoms with Crippen LogP contribution in [0.4, 0.5) is 4.79 Å². The Bertz CT molecular complexity index is 553. The zero-order valence-electron chi connectivity index (χ0n) is 15.4. The Kier molecular flexibility index (Phi) is 5.97. The number of carbonyl (C=O) groups excluding carboxylic acids is 1. The van der Waals surface area contributed by atoms with E-state index in [1.807, 2.05) is 4.90 Å². The average molecular weight is 345 g/mol. The van der Waals surface area contributed by atoms with Gasteiger partial charge < -0.3 is 15.3 Å². The quantitative estimate of drug-likeness (QED) is 0.880. The molecule has 2 N–H and O–H groups in total. The second kappa shape index (κ2) is 8.19. The molecule has 5 heteroatoms. The molecule has 2 amide bonds. The Hall–Kier alpha value is -1.59. The Labute approximate surface area is 151 Å². The van der Waals surface area contributed by atoms with E-state index in [1.54, 1.807) is 0 Å². The van der Waals surface area contributed by atoms with Crippen LogP contribution in [0.3, 0.4) is 0 Å². The fourth-order valence-corrected chi connectivity index (χ4v) is 4.45. The van der Waals surface area contributed by atoms with Crippen molar-refractivity contribution in [1.82, 2.24) is 15.1 Å². The van der Waals surface area contributed by atoms with E-state index in [-0.39, 0.29) is 24.7 Å². The molecule has 2 heterocycles. The van der Waals surface area contributed by atoms with E-state index in [0.717, 1.165) is 39.0 Å². The predicted molar refractivity (Wildman–Crippen MR) is 99.2 cm³/mol. The van der Waals surface area contributed by atoms with E-state index in [2.05, 4.69) is 54.4 Å². The summed E-state index contributed by atoms with van der Waals surface area (Å²) in [6.45, 7) is 8.23. The first-order chi connectivity index (χ1) is 12.1. The Morgan fingerprint density at radius 1 is 1.20 bits per heavy atom. The number of nitrogens with zero attached hydrogens (tertiary/aromatic N) is 2. The maximum Gasteiger partial charge on any atom is 0.317 e. The van der Waals surface area contributed by atoms with E-state index < -0.39 is 0 Å². The van der Waals surface area contributed by atoms with Crippen molar-refractivity contribution in [2.75, 3.05) is 26.2 Å². The van der Waals surface area contributed by atoms with Crippen molar-refractivity contribution in [2.24, 2.45) is 11.8 Å². The van der Waals surface area contributed by atoms with Gasteiger partial charge in [0.2, 0.25) is 0 Å². The third-order valence-electron chi connectivity index (χ3n) is 5.71. The van der Waals surface area contributed by atoms with E-state index in [4.69, 9.17) is 0 Å². The number of hydrogen-bond donors (Lipinski definition) is 2. The van der Waals surface area contributed by atoms with Crippen molar-refractivity contribution in [2.45, 2.75) is 45.3 Å². The molecule has 1 aromatic rings. The number of benzene rings is 1. The molecule has 25 heavy (non-hydrogen) atoms. The lowest BCUT2D eigenvalue weighted by Gasteiger charge is -2.42. The molecule has 0 saturated carbocycles. The number of nitrogens with one attached hydrogen (secondary N) is 1. The van der Waals surface area contributed by atoms with Gasteiger partial charge in [-0.25, -0.2) is 4.79 Å². The fraction of sp³-hybridized carbons (Fsp3) is 0.650. The molecule has 2 aliphatic rings. The van der Waals surface area contributed by atoms with Crippen molar-refractivity contribution in [3.63, 3.8) is 0 Å². The van der Waals surface area contributed by atoms with E-state index in [9.17, 15) is 9.90 Å². The highest BCUT2D eigenvalue weighted by Crippen LogP contribution is 2.25. The maximum atomic E-state index is 12.6. The predicted octanol–water partition coefficient (Wildman–Crippen LogP) is 2.31. The van der Waals surface area contributed by atoms with Gasteiger partial charge in [-0.15, -0.1) is 0 Å². The summed E-state index contributed by atoms with van der Waals surface area (Å²) in [5, 5.41) is 12.7. The van der Waals surface area contributed by atoms with Gasteiger partial charge in [-0.3, -0.25) is 4.90 Å². The van der Waals surface area contributed by atoms with Crippen LogP contribution >= 0.6 is 0 Å². The highest BCUT2D eigenvalue weighted by atomic mass is 16.3. The average Bonchev–Trinajstić information content (AvgIpc) is 3.08. The zero-order valence-corrected chi connectivity index (χ0v) is 15.4. The minimum Gasteiger partial charge on any atom is -0.394 e. The first kappa shape index (κ1) is 18.2. The second-order valence-electron chi connectivity index (χ2n) is 7.78. The summed E-state index contributed by atoms with van der Waals surface area (Å²) >= 11 is 0. The second-order valence-corrected chi connectivity index (χ2v) is 7.78. The monoisotopic (exact) mass is 345 g/mol. The molecule has 2 saturated heterocycles. The molecule has 0 bridgehead atoms. The van der Waals surface area contributed by atoms with Gasteiger partial charge in [0, 0.05) is 32.2 Å². The molecule has 3 rings (SSSR count). The molecule has 0 aromatic heterocycles. The van der Waals surface area contributed by atoms with Crippen molar-refractivity contribution in [1.29, 1.82) is 0 Å². The standard InChI is InChI=1S/C20H31N3O2/c1-15-11-22(13-17-7-4-3-5-8-17)12-16(2)19(15)21-20(25)23-10-6-9-18(23)14-24/h3-5,7-8,15-16,18-19,24H,6,9-14H2,1-2H3,(H,21,25)/t15?,16?,18-,19?/m1/s1. The highest BCUT2D eigenvalue weighted by molar-refractivity contribution is 5.75. The van der Waals surface area contributed by atoms with Crippen LogP contribution in [0.2, 0.25) is 0 Å². The van der Waals surface area contributed by atoms with Crippen molar-refractivity contribution < 1.29 is 9.90 Å². The SMILES string of the molecule is CC1CN(Cc2ccccc2)CC(C)C1NC(=O)N1CCC[C@@H]1CO. The van der Waals surface area contributed by atoms with Crippen LogP contribution in [0.25, 0.3) is 0 Å². The molecule has 0 aliphatic carbocycles. The van der Waals surface area contributed by atoms with Gasteiger partial charge in [-0.1, -0.05) is 44.2 Å². The molecule has 138 valence electrons. The molecule has 5 nitrogen and oxygen atoms in total. The van der Waals surface area contributed by atoms with Gasteiger partial charge in [0.05, 0.1) is 12.6 Å². The first-order valence-corrected chi connectivity index (χ1v) is 9.52. The minimum absolute atomic E-state index is 0.00300. The van der Waals surface area contributed by atoms with Gasteiger partial charge in [0.15, 0.2) is 0 Å². The van der Waals surface area contributed by atoms with E-state index in [0.29, 0.717) is 11.8 Å². The van der Waals surface area contributed by atoms with Crippen LogP contribution in [-0.4, -0.2) is 59.3 Å². The van der Waals surface area contributed by atoms with Gasteiger partial charge in [-0.2, -0.15) is 0 Å². The first-order valence-electron chi connectivity index (χ1n) is 9.52. The summed E-state index contributed by atoms with van der Waals surface area (Å²) < 4.78 is 0. The number of amides is 2. The van der Waals surface area contributed by atoms with E-state index >= 15 is 0 Å². The smallest absolute Gasteiger partial charge is 0.317 e. The van der Waals surface area contributed by atoms with Crippen LogP contribution in [0, 0.1) is 11.8 Å². The van der Waals surface area contributed by atoms with Crippen LogP contribution in [0.15, 0.2) is 30.3 Å². The molecular formula is C20H31N3O2. The summed E-state index contributed by atoms with van der Waals surface area (Å²) in [4.78, 5) is 16.9. The summed E-state index contributed by atoms with van der Waals surface area (Å²) in [5.41, 5.74) is 1.34. The van der Waals surface area contributed by atoms with Crippen LogP contribution < -0.4 is 5.32 Å². The lowest BCUT2D eigenvalue weighted by atomic mass is 9.85. The van der Waals surface area contributed by atoms with Crippen LogP contribution in [-0.2, 0) is 6.54 Å². The number of rotatable bonds is 4. The van der Waals surface area contributed by atoms with Crippen molar-refractivity contribution in [3.05, 3.63) is 35.9 Å². The number of urea groups is 1. The zero-order chi connectivity index (χ0) is 17.8. The molecule has 1 aromatic carbocycles. The number of aliphatic hydroxyl groups is 1. The molecule has 3 atom stereocenters. The lowest BCUT2D eigenvalue weighted by Crippen LogP contribution is -2.57. The molecule has 2 fully saturated rings. The summed E-state index contributed by atoms with van der Waals surface area (Å²) in [7, 11) is 0. The number of carbonyl (C=O) groups is 1. The third kappa shape index (κ3) is 4.33.